The molecular weight excluding hydrogens is 368 g/mol. The molecule has 0 aliphatic carbocycles. The van der Waals surface area contributed by atoms with E-state index in [1.165, 1.54) is 0 Å². The van der Waals surface area contributed by atoms with E-state index in [2.05, 4.69) is 20.5 Å². The lowest BCUT2D eigenvalue weighted by atomic mass is 10.0. The SMILES string of the molecule is CCC(=O)CCCCC[C@H](NC(=O)O)c1nc(-c2ccc3ccccc3c2)n[nH]1. The summed E-state index contributed by atoms with van der Waals surface area (Å²) in [6.45, 7) is 1.87. The number of carboxylic acid groups (broad SMARTS) is 1. The maximum absolute atomic E-state index is 11.4. The standard InChI is InChI=1S/C22H26N4O3/c1-2-18(27)10-4-3-5-11-19(23-22(28)29)21-24-20(25-26-21)17-13-12-15-8-6-7-9-16(15)14-17/h6-9,12-14,19,23H,2-5,10-11H2,1H3,(H,28,29)(H,24,25,26)/t19-/m0/s1. The fourth-order valence-corrected chi connectivity index (χ4v) is 3.34. The molecule has 1 aromatic heterocycles. The number of unbranched alkanes of at least 4 members (excludes halogenated alkanes) is 2. The number of hydrogen-bond acceptors (Lipinski definition) is 4. The van der Waals surface area contributed by atoms with Crippen molar-refractivity contribution >= 4 is 22.6 Å². The molecule has 7 nitrogen and oxygen atoms in total. The largest absolute Gasteiger partial charge is 0.465 e. The molecule has 0 unspecified atom stereocenters. The number of aromatic amines is 1. The van der Waals surface area contributed by atoms with Crippen molar-refractivity contribution in [3.05, 3.63) is 48.3 Å². The van der Waals surface area contributed by atoms with Crippen LogP contribution in [-0.2, 0) is 4.79 Å². The van der Waals surface area contributed by atoms with Crippen molar-refractivity contribution in [1.82, 2.24) is 20.5 Å². The summed E-state index contributed by atoms with van der Waals surface area (Å²) in [5.74, 6) is 1.30. The third-order valence-corrected chi connectivity index (χ3v) is 4.98. The highest BCUT2D eigenvalue weighted by Gasteiger charge is 2.19. The first kappa shape index (κ1) is 20.5. The van der Waals surface area contributed by atoms with Crippen LogP contribution in [0.5, 0.6) is 0 Å². The van der Waals surface area contributed by atoms with Gasteiger partial charge < -0.3 is 10.4 Å². The minimum atomic E-state index is -1.10. The van der Waals surface area contributed by atoms with Crippen LogP contribution in [0.4, 0.5) is 4.79 Å². The van der Waals surface area contributed by atoms with Crippen LogP contribution in [-0.4, -0.2) is 32.2 Å². The summed E-state index contributed by atoms with van der Waals surface area (Å²) in [5, 5.41) is 21.1. The molecule has 3 aromatic rings. The Bertz CT molecular complexity index is 983. The van der Waals surface area contributed by atoms with Crippen LogP contribution in [0.3, 0.4) is 0 Å². The molecule has 29 heavy (non-hydrogen) atoms. The van der Waals surface area contributed by atoms with Gasteiger partial charge in [0.2, 0.25) is 0 Å². The van der Waals surface area contributed by atoms with Crippen LogP contribution in [0, 0.1) is 0 Å². The first-order valence-corrected chi connectivity index (χ1v) is 9.99. The average molecular weight is 394 g/mol. The summed E-state index contributed by atoms with van der Waals surface area (Å²) in [5.41, 5.74) is 0.873. The van der Waals surface area contributed by atoms with Crippen molar-refractivity contribution < 1.29 is 14.7 Å². The quantitative estimate of drug-likeness (QED) is 0.425. The number of nitrogens with one attached hydrogen (secondary N) is 2. The van der Waals surface area contributed by atoms with Crippen LogP contribution in [0.15, 0.2) is 42.5 Å². The van der Waals surface area contributed by atoms with E-state index < -0.39 is 12.1 Å². The molecule has 0 aliphatic rings. The maximum Gasteiger partial charge on any atom is 0.405 e. The molecule has 0 radical (unpaired) electrons. The highest BCUT2D eigenvalue weighted by molar-refractivity contribution is 5.86. The Hall–Kier alpha value is -3.22. The van der Waals surface area contributed by atoms with E-state index in [0.29, 0.717) is 30.9 Å². The number of benzene rings is 2. The highest BCUT2D eigenvalue weighted by Crippen LogP contribution is 2.24. The normalized spacial score (nSPS) is 12.0. The van der Waals surface area contributed by atoms with Gasteiger partial charge in [-0.05, 0) is 29.7 Å². The monoisotopic (exact) mass is 394 g/mol. The molecule has 1 heterocycles. The first-order chi connectivity index (χ1) is 14.1. The van der Waals surface area contributed by atoms with E-state index in [1.807, 2.05) is 49.4 Å². The van der Waals surface area contributed by atoms with Gasteiger partial charge in [-0.1, -0.05) is 56.2 Å². The molecule has 0 spiro atoms. The van der Waals surface area contributed by atoms with Gasteiger partial charge in [0.05, 0.1) is 6.04 Å². The smallest absolute Gasteiger partial charge is 0.405 e. The number of aromatic nitrogens is 3. The summed E-state index contributed by atoms with van der Waals surface area (Å²) < 4.78 is 0. The molecule has 0 bridgehead atoms. The van der Waals surface area contributed by atoms with Crippen LogP contribution in [0.25, 0.3) is 22.2 Å². The molecule has 0 saturated carbocycles. The second-order valence-electron chi connectivity index (χ2n) is 7.10. The van der Waals surface area contributed by atoms with Crippen molar-refractivity contribution in [3.63, 3.8) is 0 Å². The van der Waals surface area contributed by atoms with Crippen LogP contribution < -0.4 is 5.32 Å². The van der Waals surface area contributed by atoms with Gasteiger partial charge in [-0.15, -0.1) is 0 Å². The minimum Gasteiger partial charge on any atom is -0.465 e. The van der Waals surface area contributed by atoms with E-state index in [4.69, 9.17) is 0 Å². The zero-order valence-corrected chi connectivity index (χ0v) is 16.5. The lowest BCUT2D eigenvalue weighted by Crippen LogP contribution is -2.27. The highest BCUT2D eigenvalue weighted by atomic mass is 16.4. The Kier molecular flexibility index (Phi) is 6.94. The van der Waals surface area contributed by atoms with Gasteiger partial charge >= 0.3 is 6.09 Å². The Morgan fingerprint density at radius 3 is 2.66 bits per heavy atom. The molecule has 2 aromatic carbocycles. The van der Waals surface area contributed by atoms with Gasteiger partial charge in [-0.3, -0.25) is 9.89 Å². The summed E-state index contributed by atoms with van der Waals surface area (Å²) in [4.78, 5) is 27.1. The second-order valence-corrected chi connectivity index (χ2v) is 7.10. The molecule has 0 aliphatic heterocycles. The minimum absolute atomic E-state index is 0.264. The fourth-order valence-electron chi connectivity index (χ4n) is 3.34. The van der Waals surface area contributed by atoms with Gasteiger partial charge in [0, 0.05) is 18.4 Å². The summed E-state index contributed by atoms with van der Waals surface area (Å²) in [7, 11) is 0. The second kappa shape index (κ2) is 9.82. The van der Waals surface area contributed by atoms with Gasteiger partial charge in [0.1, 0.15) is 11.6 Å². The Labute approximate surface area is 169 Å². The molecular formula is C22H26N4O3. The fraction of sp³-hybridized carbons (Fsp3) is 0.364. The van der Waals surface area contributed by atoms with E-state index in [0.717, 1.165) is 35.6 Å². The van der Waals surface area contributed by atoms with Gasteiger partial charge in [-0.2, -0.15) is 5.10 Å². The number of rotatable bonds is 10. The molecule has 0 fully saturated rings. The molecule has 3 rings (SSSR count). The van der Waals surface area contributed by atoms with Crippen LogP contribution in [0.2, 0.25) is 0 Å². The Morgan fingerprint density at radius 1 is 1.10 bits per heavy atom. The van der Waals surface area contributed by atoms with Crippen LogP contribution >= 0.6 is 0 Å². The predicted molar refractivity (Wildman–Crippen MR) is 112 cm³/mol. The number of amides is 1. The van der Waals surface area contributed by atoms with E-state index in [1.54, 1.807) is 0 Å². The topological polar surface area (TPSA) is 108 Å². The predicted octanol–water partition coefficient (Wildman–Crippen LogP) is 4.86. The average Bonchev–Trinajstić information content (AvgIpc) is 3.22. The lowest BCUT2D eigenvalue weighted by molar-refractivity contribution is -0.118. The Balaban J connectivity index is 1.67. The summed E-state index contributed by atoms with van der Waals surface area (Å²) in [6, 6.07) is 13.6. The number of H-pyrrole nitrogens is 1. The van der Waals surface area contributed by atoms with Crippen molar-refractivity contribution in [3.8, 4) is 11.4 Å². The third-order valence-electron chi connectivity index (χ3n) is 4.98. The van der Waals surface area contributed by atoms with Gasteiger partial charge in [0.25, 0.3) is 0 Å². The zero-order chi connectivity index (χ0) is 20.6. The number of hydrogen-bond donors (Lipinski definition) is 3. The summed E-state index contributed by atoms with van der Waals surface area (Å²) >= 11 is 0. The molecule has 1 amide bonds. The third kappa shape index (κ3) is 5.63. The number of fused-ring (bicyclic) bond motifs is 1. The lowest BCUT2D eigenvalue weighted by Gasteiger charge is -2.13. The molecule has 152 valence electrons. The number of Topliss-reactive ketones (excluding diaryl/α,β-unsaturated/α-hetero) is 1. The maximum atomic E-state index is 11.4. The van der Waals surface area contributed by atoms with Crippen molar-refractivity contribution in [2.75, 3.05) is 0 Å². The van der Waals surface area contributed by atoms with Crippen molar-refractivity contribution in [2.45, 2.75) is 51.5 Å². The molecule has 0 saturated heterocycles. The number of nitrogens with zero attached hydrogens (tertiary/aromatic N) is 2. The van der Waals surface area contributed by atoms with Gasteiger partial charge in [-0.25, -0.2) is 9.78 Å². The summed E-state index contributed by atoms with van der Waals surface area (Å²) in [6.07, 6.45) is 3.15. The molecule has 7 heteroatoms. The number of carbonyl (C=O) groups excluding carboxylic acids is 1. The van der Waals surface area contributed by atoms with Gasteiger partial charge in [0.15, 0.2) is 5.82 Å². The first-order valence-electron chi connectivity index (χ1n) is 9.99. The Morgan fingerprint density at radius 2 is 1.90 bits per heavy atom. The van der Waals surface area contributed by atoms with E-state index in [9.17, 15) is 14.7 Å². The van der Waals surface area contributed by atoms with Crippen molar-refractivity contribution in [2.24, 2.45) is 0 Å². The number of carbonyl (C=O) groups is 2. The number of ketones is 1. The zero-order valence-electron chi connectivity index (χ0n) is 16.5. The van der Waals surface area contributed by atoms with Crippen LogP contribution in [0.1, 0.15) is 57.3 Å². The molecule has 1 atom stereocenters. The molecule has 3 N–H and O–H groups in total. The van der Waals surface area contributed by atoms with Crippen molar-refractivity contribution in [1.29, 1.82) is 0 Å². The van der Waals surface area contributed by atoms with E-state index >= 15 is 0 Å². The van der Waals surface area contributed by atoms with E-state index in [-0.39, 0.29) is 5.78 Å².